The first-order valence-electron chi connectivity index (χ1n) is 6.08. The van der Waals surface area contributed by atoms with Crippen LogP contribution in [0.15, 0.2) is 66.7 Å². The molecule has 3 heteroatoms. The van der Waals surface area contributed by atoms with Gasteiger partial charge in [-0.05, 0) is 47.2 Å². The summed E-state index contributed by atoms with van der Waals surface area (Å²) >= 11 is 5.85. The molecule has 3 rings (SSSR count). The van der Waals surface area contributed by atoms with E-state index in [4.69, 9.17) is 11.6 Å². The van der Waals surface area contributed by atoms with E-state index in [0.29, 0.717) is 0 Å². The highest BCUT2D eigenvalue weighted by molar-refractivity contribution is 6.30. The first kappa shape index (κ1) is 11.9. The van der Waals surface area contributed by atoms with Crippen LogP contribution in [-0.4, -0.2) is 0 Å². The predicted octanol–water partition coefficient (Wildman–Crippen LogP) is 4.93. The molecule has 0 saturated carbocycles. The van der Waals surface area contributed by atoms with E-state index in [1.807, 2.05) is 42.5 Å². The van der Waals surface area contributed by atoms with Crippen LogP contribution in [0, 0.1) is 0 Å². The molecule has 0 saturated heterocycles. The molecule has 0 aliphatic rings. The quantitative estimate of drug-likeness (QED) is 0.658. The van der Waals surface area contributed by atoms with E-state index in [2.05, 4.69) is 35.1 Å². The Kier molecular flexibility index (Phi) is 3.25. The molecular formula is C16H13ClN2. The van der Waals surface area contributed by atoms with Gasteiger partial charge in [-0.1, -0.05) is 41.9 Å². The SMILES string of the molecule is Clc1ccc(NNc2ccc3ccccc3c2)cc1. The van der Waals surface area contributed by atoms with Crippen LogP contribution in [0.4, 0.5) is 11.4 Å². The zero-order valence-electron chi connectivity index (χ0n) is 10.2. The van der Waals surface area contributed by atoms with E-state index in [-0.39, 0.29) is 0 Å². The van der Waals surface area contributed by atoms with Crippen LogP contribution >= 0.6 is 11.6 Å². The molecule has 0 amide bonds. The van der Waals surface area contributed by atoms with E-state index in [1.165, 1.54) is 10.8 Å². The van der Waals surface area contributed by atoms with Crippen molar-refractivity contribution in [3.8, 4) is 0 Å². The third-order valence-electron chi connectivity index (χ3n) is 2.94. The normalized spacial score (nSPS) is 10.4. The van der Waals surface area contributed by atoms with Crippen molar-refractivity contribution in [3.63, 3.8) is 0 Å². The minimum atomic E-state index is 0.733. The summed E-state index contributed by atoms with van der Waals surface area (Å²) in [4.78, 5) is 0. The zero-order valence-corrected chi connectivity index (χ0v) is 11.0. The predicted molar refractivity (Wildman–Crippen MR) is 82.6 cm³/mol. The number of rotatable bonds is 3. The van der Waals surface area contributed by atoms with Crippen LogP contribution in [0.5, 0.6) is 0 Å². The molecule has 0 heterocycles. The summed E-state index contributed by atoms with van der Waals surface area (Å²) in [5, 5.41) is 3.18. The zero-order chi connectivity index (χ0) is 13.1. The minimum absolute atomic E-state index is 0.733. The molecule has 19 heavy (non-hydrogen) atoms. The van der Waals surface area contributed by atoms with Gasteiger partial charge in [-0.3, -0.25) is 0 Å². The van der Waals surface area contributed by atoms with Crippen LogP contribution < -0.4 is 10.9 Å². The Morgan fingerprint density at radius 1 is 0.632 bits per heavy atom. The lowest BCUT2D eigenvalue weighted by Gasteiger charge is -2.10. The Morgan fingerprint density at radius 3 is 2.05 bits per heavy atom. The first-order valence-corrected chi connectivity index (χ1v) is 6.45. The van der Waals surface area contributed by atoms with Crippen molar-refractivity contribution >= 4 is 33.7 Å². The molecule has 3 aromatic rings. The largest absolute Gasteiger partial charge is 0.301 e. The Hall–Kier alpha value is -2.19. The van der Waals surface area contributed by atoms with Gasteiger partial charge in [-0.2, -0.15) is 0 Å². The van der Waals surface area contributed by atoms with Gasteiger partial charge >= 0.3 is 0 Å². The molecule has 0 aliphatic heterocycles. The summed E-state index contributed by atoms with van der Waals surface area (Å²) in [6.45, 7) is 0. The third-order valence-corrected chi connectivity index (χ3v) is 3.20. The molecule has 0 unspecified atom stereocenters. The summed E-state index contributed by atoms with van der Waals surface area (Å²) < 4.78 is 0. The van der Waals surface area contributed by atoms with Crippen molar-refractivity contribution in [3.05, 3.63) is 71.8 Å². The highest BCUT2D eigenvalue weighted by Gasteiger charge is 1.96. The third kappa shape index (κ3) is 2.80. The maximum Gasteiger partial charge on any atom is 0.0546 e. The number of anilines is 2. The average molecular weight is 269 g/mol. The number of halogens is 1. The average Bonchev–Trinajstić information content (AvgIpc) is 2.46. The van der Waals surface area contributed by atoms with E-state index >= 15 is 0 Å². The summed E-state index contributed by atoms with van der Waals surface area (Å²) in [6.07, 6.45) is 0. The molecular weight excluding hydrogens is 256 g/mol. The summed E-state index contributed by atoms with van der Waals surface area (Å²) in [6, 6.07) is 22.1. The van der Waals surface area contributed by atoms with Gasteiger partial charge < -0.3 is 10.9 Å². The summed E-state index contributed by atoms with van der Waals surface area (Å²) in [5.41, 5.74) is 8.32. The molecule has 0 spiro atoms. The van der Waals surface area contributed by atoms with Gasteiger partial charge in [-0.15, -0.1) is 0 Å². The smallest absolute Gasteiger partial charge is 0.0546 e. The molecule has 0 aromatic heterocycles. The molecule has 0 aliphatic carbocycles. The van der Waals surface area contributed by atoms with Gasteiger partial charge in [0.25, 0.3) is 0 Å². The van der Waals surface area contributed by atoms with Crippen molar-refractivity contribution in [2.45, 2.75) is 0 Å². The Bertz CT molecular complexity index is 692. The Labute approximate surface area is 117 Å². The van der Waals surface area contributed by atoms with Crippen LogP contribution in [0.2, 0.25) is 5.02 Å². The fraction of sp³-hybridized carbons (Fsp3) is 0. The van der Waals surface area contributed by atoms with Gasteiger partial charge in [0.05, 0.1) is 11.4 Å². The van der Waals surface area contributed by atoms with Gasteiger partial charge in [0.1, 0.15) is 0 Å². The second kappa shape index (κ2) is 5.21. The van der Waals surface area contributed by atoms with E-state index in [9.17, 15) is 0 Å². The molecule has 2 nitrogen and oxygen atoms in total. The molecule has 2 N–H and O–H groups in total. The molecule has 0 bridgehead atoms. The number of nitrogens with one attached hydrogen (secondary N) is 2. The van der Waals surface area contributed by atoms with Crippen molar-refractivity contribution in [2.75, 3.05) is 10.9 Å². The maximum atomic E-state index is 5.85. The van der Waals surface area contributed by atoms with Crippen molar-refractivity contribution in [1.82, 2.24) is 0 Å². The van der Waals surface area contributed by atoms with Crippen LogP contribution in [0.1, 0.15) is 0 Å². The second-order valence-corrected chi connectivity index (χ2v) is 4.76. The first-order chi connectivity index (χ1) is 9.31. The van der Waals surface area contributed by atoms with Crippen LogP contribution in [0.25, 0.3) is 10.8 Å². The maximum absolute atomic E-state index is 5.85. The molecule has 3 aromatic carbocycles. The Balaban J connectivity index is 1.76. The van der Waals surface area contributed by atoms with Gasteiger partial charge in [0.15, 0.2) is 0 Å². The highest BCUT2D eigenvalue weighted by Crippen LogP contribution is 2.19. The molecule has 0 fully saturated rings. The van der Waals surface area contributed by atoms with E-state index < -0.39 is 0 Å². The molecule has 0 radical (unpaired) electrons. The standard InChI is InChI=1S/C16H13ClN2/c17-14-6-9-15(10-7-14)18-19-16-8-5-12-3-1-2-4-13(12)11-16/h1-11,18-19H. The number of hydrazine groups is 1. The van der Waals surface area contributed by atoms with Gasteiger partial charge in [-0.25, -0.2) is 0 Å². The number of fused-ring (bicyclic) bond motifs is 1. The van der Waals surface area contributed by atoms with Crippen LogP contribution in [0.3, 0.4) is 0 Å². The topological polar surface area (TPSA) is 24.1 Å². The lowest BCUT2D eigenvalue weighted by Crippen LogP contribution is -2.08. The summed E-state index contributed by atoms with van der Waals surface area (Å²) in [7, 11) is 0. The molecule has 0 atom stereocenters. The Morgan fingerprint density at radius 2 is 1.26 bits per heavy atom. The fourth-order valence-corrected chi connectivity index (χ4v) is 2.07. The monoisotopic (exact) mass is 268 g/mol. The van der Waals surface area contributed by atoms with Crippen molar-refractivity contribution in [1.29, 1.82) is 0 Å². The van der Waals surface area contributed by atoms with Crippen molar-refractivity contribution < 1.29 is 0 Å². The van der Waals surface area contributed by atoms with Gasteiger partial charge in [0.2, 0.25) is 0 Å². The molecule has 94 valence electrons. The lowest BCUT2D eigenvalue weighted by molar-refractivity contribution is 1.42. The second-order valence-electron chi connectivity index (χ2n) is 4.32. The lowest BCUT2D eigenvalue weighted by atomic mass is 10.1. The highest BCUT2D eigenvalue weighted by atomic mass is 35.5. The number of benzene rings is 3. The van der Waals surface area contributed by atoms with Crippen LogP contribution in [-0.2, 0) is 0 Å². The summed E-state index contributed by atoms with van der Waals surface area (Å²) in [5.74, 6) is 0. The van der Waals surface area contributed by atoms with E-state index in [0.717, 1.165) is 16.4 Å². The number of hydrogen-bond acceptors (Lipinski definition) is 2. The van der Waals surface area contributed by atoms with Crippen molar-refractivity contribution in [2.24, 2.45) is 0 Å². The number of hydrogen-bond donors (Lipinski definition) is 2. The van der Waals surface area contributed by atoms with E-state index in [1.54, 1.807) is 0 Å². The minimum Gasteiger partial charge on any atom is -0.301 e. The van der Waals surface area contributed by atoms with Gasteiger partial charge in [0, 0.05) is 5.02 Å². The fourth-order valence-electron chi connectivity index (χ4n) is 1.94.